The van der Waals surface area contributed by atoms with Crippen LogP contribution in [0.3, 0.4) is 0 Å². The maximum atomic E-state index is 15.3. The Morgan fingerprint density at radius 1 is 0.981 bits per heavy atom. The fourth-order valence-electron chi connectivity index (χ4n) is 5.44. The molecule has 0 unspecified atom stereocenters. The van der Waals surface area contributed by atoms with Crippen LogP contribution >= 0.6 is 11.8 Å². The average Bonchev–Trinajstić information content (AvgIpc) is 3.32. The number of carbonyl (C=O) groups excluding carboxylic acids is 1. The smallest absolute Gasteiger partial charge is 0.383 e. The van der Waals surface area contributed by atoms with Gasteiger partial charge in [-0.15, -0.1) is 11.8 Å². The van der Waals surface area contributed by atoms with Gasteiger partial charge in [-0.2, -0.15) is 13.2 Å². The Hall–Kier alpha value is -4.52. The van der Waals surface area contributed by atoms with Gasteiger partial charge < -0.3 is 19.1 Å². The summed E-state index contributed by atoms with van der Waals surface area (Å²) in [6.07, 6.45) is -5.81. The van der Waals surface area contributed by atoms with Crippen LogP contribution in [-0.2, 0) is 34.6 Å². The Morgan fingerprint density at radius 2 is 1.66 bits per heavy atom. The van der Waals surface area contributed by atoms with Crippen LogP contribution in [0.1, 0.15) is 61.1 Å². The number of pyridine rings is 1. The molecule has 0 aliphatic carbocycles. The van der Waals surface area contributed by atoms with Gasteiger partial charge in [0, 0.05) is 64.8 Å². The highest BCUT2D eigenvalue weighted by atomic mass is 32.2. The number of hydrogen-bond acceptors (Lipinski definition) is 5. The lowest BCUT2D eigenvalue weighted by atomic mass is 10.00. The van der Waals surface area contributed by atoms with Crippen LogP contribution < -0.4 is 5.43 Å². The molecule has 1 amide bonds. The number of carbonyl (C=O) groups is 1. The molecule has 0 radical (unpaired) electrons. The van der Waals surface area contributed by atoms with Crippen molar-refractivity contribution in [3.05, 3.63) is 135 Å². The van der Waals surface area contributed by atoms with Gasteiger partial charge in [0.1, 0.15) is 6.54 Å². The normalized spacial score (nSPS) is 19.8. The third-order valence-electron chi connectivity index (χ3n) is 8.07. The maximum Gasteiger partial charge on any atom is 0.416 e. The van der Waals surface area contributed by atoms with E-state index in [0.717, 1.165) is 21.5 Å². The van der Waals surface area contributed by atoms with E-state index in [-0.39, 0.29) is 31.5 Å². The van der Waals surface area contributed by atoms with Crippen LogP contribution in [0.5, 0.6) is 0 Å². The first-order valence-electron chi connectivity index (χ1n) is 25.3. The van der Waals surface area contributed by atoms with Gasteiger partial charge in [-0.3, -0.25) is 9.59 Å². The van der Waals surface area contributed by atoms with E-state index in [4.69, 9.17) is 30.8 Å². The molecule has 0 saturated carbocycles. The number of methoxy groups -OCH3 is 1. The number of thioether (sulfide) groups is 1. The van der Waals surface area contributed by atoms with Crippen molar-refractivity contribution in [2.24, 2.45) is 0 Å². The number of piperidine rings is 1. The number of nitrogens with zero attached hydrogens (tertiary/aromatic N) is 3. The molecule has 1 saturated heterocycles. The molecular formula is C41H40F5N3O3S. The van der Waals surface area contributed by atoms with Crippen molar-refractivity contribution in [1.82, 2.24) is 14.4 Å². The quantitative estimate of drug-likeness (QED) is 0.0940. The summed E-state index contributed by atoms with van der Waals surface area (Å²) in [7, 11) is 0.937. The number of halogens is 5. The maximum absolute atomic E-state index is 15.3. The zero-order valence-corrected chi connectivity index (χ0v) is 28.7. The molecule has 1 aliphatic rings. The second-order valence-electron chi connectivity index (χ2n) is 11.6. The molecule has 6 rings (SSSR count). The number of benzene rings is 4. The average molecular weight is 769 g/mol. The van der Waals surface area contributed by atoms with E-state index in [1.807, 2.05) is 0 Å². The second-order valence-corrected chi connectivity index (χ2v) is 12.6. The third kappa shape index (κ3) is 9.17. The predicted molar refractivity (Wildman–Crippen MR) is 198 cm³/mol. The number of aromatic nitrogens is 1. The van der Waals surface area contributed by atoms with Crippen molar-refractivity contribution < 1.29 is 57.5 Å². The predicted octanol–water partition coefficient (Wildman–Crippen LogP) is 8.71. The second kappa shape index (κ2) is 16.7. The molecule has 5 aromatic rings. The third-order valence-corrected chi connectivity index (χ3v) is 9.09. The summed E-state index contributed by atoms with van der Waals surface area (Å²) in [5.74, 6) is -5.44. The Balaban J connectivity index is 1.56. The zero-order chi connectivity index (χ0) is 54.3. The molecule has 6 nitrogen and oxygen atoms in total. The minimum Gasteiger partial charge on any atom is -0.383 e. The van der Waals surface area contributed by atoms with E-state index < -0.39 is 201 Å². The molecular weight excluding hydrogens is 710 g/mol. The molecule has 2 heterocycles. The first kappa shape index (κ1) is 20.8. The van der Waals surface area contributed by atoms with Gasteiger partial charge in [0.2, 0.25) is 5.91 Å². The van der Waals surface area contributed by atoms with Crippen LogP contribution in [0.4, 0.5) is 22.0 Å². The number of hydrogen-bond donors (Lipinski definition) is 0. The Morgan fingerprint density at radius 3 is 2.32 bits per heavy atom. The number of fused-ring (bicyclic) bond motifs is 1. The lowest BCUT2D eigenvalue weighted by Crippen LogP contribution is -2.48. The van der Waals surface area contributed by atoms with Gasteiger partial charge >= 0.3 is 6.18 Å². The van der Waals surface area contributed by atoms with Crippen molar-refractivity contribution in [2.75, 3.05) is 33.3 Å². The highest BCUT2D eigenvalue weighted by Gasteiger charge is 2.31. The molecule has 53 heavy (non-hydrogen) atoms. The first-order chi connectivity index (χ1) is 33.2. The largest absolute Gasteiger partial charge is 0.416 e. The molecule has 0 spiro atoms. The van der Waals surface area contributed by atoms with Gasteiger partial charge in [-0.1, -0.05) is 59.9 Å². The summed E-state index contributed by atoms with van der Waals surface area (Å²) in [5, 5.41) is -1.20. The SMILES string of the molecule is [2H]c1c([2H])c(F)c(F)c(CSc2c([2H])c(=O)c3c([2H])c(C)c([2H])c([2H])c3n2CC(=O)N(Cc2c([2H])c([2H])c(-c3c([2H])c([2H])c(C(F)(F)F)c([2H])c3[2H])c([2H])c2[2H])C2CCN(C([2H])([2H])C([2H])([2H])OC)CC2)c1[2H]. The standard InChI is InChI=1S/C41H40F5N3O3S/c1-27-6-15-36-34(22-27)37(50)23-39(53-26-31-4-3-5-35(42)40(31)43)49(36)25-38(51)48(33-16-18-47(19-17-33)20-21-52-2)24-28-7-9-29(10-8-28)30-11-13-32(14-12-30)41(44,45)46/h3-15,22-23,33H,16-21,24-26H2,1-2H3/i3D,4D,5D,6D,7D,8D,9D,10D,11D,12D,13D,14D,15D,20D2,21D2,22D,23D. The van der Waals surface area contributed by atoms with E-state index in [1.165, 1.54) is 6.92 Å². The van der Waals surface area contributed by atoms with E-state index >= 15 is 9.18 Å². The van der Waals surface area contributed by atoms with Crippen molar-refractivity contribution in [3.63, 3.8) is 0 Å². The van der Waals surface area contributed by atoms with Crippen LogP contribution in [0.25, 0.3) is 22.0 Å². The van der Waals surface area contributed by atoms with E-state index in [9.17, 15) is 22.4 Å². The summed E-state index contributed by atoms with van der Waals surface area (Å²) < 4.78 is 238. The van der Waals surface area contributed by atoms with Crippen molar-refractivity contribution >= 4 is 28.6 Å². The molecule has 1 aromatic heterocycles. The lowest BCUT2D eigenvalue weighted by Gasteiger charge is -2.39. The number of alkyl halides is 3. The Kier molecular flexibility index (Phi) is 6.54. The number of likely N-dealkylation sites (tertiary alicyclic amines) is 1. The van der Waals surface area contributed by atoms with Crippen LogP contribution in [0, 0.1) is 18.6 Å². The molecule has 278 valence electrons. The van der Waals surface area contributed by atoms with Crippen molar-refractivity contribution in [1.29, 1.82) is 0 Å². The molecule has 1 aliphatic heterocycles. The molecule has 1 fully saturated rings. The van der Waals surface area contributed by atoms with Gasteiger partial charge in [0.25, 0.3) is 0 Å². The Labute approximate surface area is 335 Å². The number of rotatable bonds is 12. The van der Waals surface area contributed by atoms with Gasteiger partial charge in [0.05, 0.1) is 46.0 Å². The van der Waals surface area contributed by atoms with E-state index in [0.29, 0.717) is 11.8 Å². The molecule has 0 atom stereocenters. The molecule has 4 aromatic carbocycles. The number of amides is 1. The molecule has 12 heteroatoms. The lowest BCUT2D eigenvalue weighted by molar-refractivity contribution is -0.137. The van der Waals surface area contributed by atoms with Crippen molar-refractivity contribution in [3.8, 4) is 11.1 Å². The van der Waals surface area contributed by atoms with E-state index in [2.05, 4.69) is 0 Å². The van der Waals surface area contributed by atoms with Crippen molar-refractivity contribution in [2.45, 2.75) is 55.9 Å². The minimum absolute atomic E-state index is 0.181. The van der Waals surface area contributed by atoms with Crippen LogP contribution in [0.15, 0.2) is 100 Å². The summed E-state index contributed by atoms with van der Waals surface area (Å²) in [5.41, 5.74) is -7.25. The molecule has 0 bridgehead atoms. The fourth-order valence-corrected chi connectivity index (χ4v) is 6.39. The topological polar surface area (TPSA) is 54.8 Å². The summed E-state index contributed by atoms with van der Waals surface area (Å²) >= 11 is 0.350. The molecule has 0 N–H and O–H groups in total. The Bertz CT molecular complexity index is 3070. The zero-order valence-electron chi connectivity index (χ0n) is 46.9. The van der Waals surface area contributed by atoms with Gasteiger partial charge in [-0.25, -0.2) is 8.78 Å². The monoisotopic (exact) mass is 768 g/mol. The highest BCUT2D eigenvalue weighted by molar-refractivity contribution is 7.98. The van der Waals surface area contributed by atoms with Gasteiger partial charge in [0.15, 0.2) is 17.1 Å². The first-order valence-corrected chi connectivity index (χ1v) is 16.7. The minimum atomic E-state index is -5.37. The summed E-state index contributed by atoms with van der Waals surface area (Å²) in [6.45, 7) is -6.99. The fraction of sp³-hybridized carbons (Fsp3) is 0.317. The van der Waals surface area contributed by atoms with E-state index in [1.54, 1.807) is 0 Å². The van der Waals surface area contributed by atoms with Crippen LogP contribution in [-0.4, -0.2) is 59.6 Å². The number of ether oxygens (including phenoxy) is 1. The summed E-state index contributed by atoms with van der Waals surface area (Å²) in [4.78, 5) is 31.1. The summed E-state index contributed by atoms with van der Waals surface area (Å²) in [6, 6.07) is -17.2. The van der Waals surface area contributed by atoms with Gasteiger partial charge in [-0.05, 0) is 66.7 Å². The highest BCUT2D eigenvalue weighted by Crippen LogP contribution is 2.32. The van der Waals surface area contributed by atoms with Crippen LogP contribution in [0.2, 0.25) is 0 Å².